The molecule has 0 radical (unpaired) electrons. The van der Waals surface area contributed by atoms with Crippen LogP contribution in [0.25, 0.3) is 0 Å². The number of carbonyl (C=O) groups is 1. The first-order valence-corrected chi connectivity index (χ1v) is 5.52. The van der Waals surface area contributed by atoms with Crippen molar-refractivity contribution in [2.45, 2.75) is 25.4 Å². The van der Waals surface area contributed by atoms with Gasteiger partial charge in [0.25, 0.3) is 0 Å². The summed E-state index contributed by atoms with van der Waals surface area (Å²) in [5, 5.41) is 2.63. The molecule has 0 rings (SSSR count). The number of thioether (sulfide) groups is 1. The molecule has 0 aromatic rings. The van der Waals surface area contributed by atoms with Crippen LogP contribution < -0.4 is 11.1 Å². The van der Waals surface area contributed by atoms with E-state index in [1.54, 1.807) is 18.7 Å². The maximum absolute atomic E-state index is 11.3. The third-order valence-electron chi connectivity index (χ3n) is 1.58. The average molecular weight is 200 g/mol. The quantitative estimate of drug-likeness (QED) is 0.624. The molecule has 1 amide bonds. The van der Waals surface area contributed by atoms with Gasteiger partial charge in [-0.25, -0.2) is 0 Å². The molecule has 0 aromatic heterocycles. The van der Waals surface area contributed by atoms with E-state index in [0.29, 0.717) is 6.42 Å². The Hall–Kier alpha value is -0.660. The van der Waals surface area contributed by atoms with E-state index in [2.05, 4.69) is 11.2 Å². The fourth-order valence-electron chi connectivity index (χ4n) is 0.738. The fraction of sp³-hybridized carbons (Fsp3) is 0.667. The molecule has 13 heavy (non-hydrogen) atoms. The minimum atomic E-state index is -0.441. The highest BCUT2D eigenvalue weighted by Crippen LogP contribution is 1.98. The van der Waals surface area contributed by atoms with Crippen LogP contribution in [0.1, 0.15) is 13.3 Å². The van der Waals surface area contributed by atoms with E-state index in [0.717, 1.165) is 5.75 Å². The zero-order valence-corrected chi connectivity index (χ0v) is 8.86. The van der Waals surface area contributed by atoms with Crippen molar-refractivity contribution in [3.05, 3.63) is 0 Å². The molecule has 0 aromatic carbocycles. The predicted octanol–water partition coefficient (Wildman–Crippen LogP) is 0.205. The number of hydrogen-bond acceptors (Lipinski definition) is 3. The molecule has 0 aliphatic carbocycles. The Morgan fingerprint density at radius 1 is 1.77 bits per heavy atom. The monoisotopic (exact) mass is 200 g/mol. The molecule has 4 heteroatoms. The van der Waals surface area contributed by atoms with Crippen molar-refractivity contribution < 1.29 is 4.79 Å². The summed E-state index contributed by atoms with van der Waals surface area (Å²) >= 11 is 1.67. The predicted molar refractivity (Wildman–Crippen MR) is 57.4 cm³/mol. The van der Waals surface area contributed by atoms with Gasteiger partial charge in [0.2, 0.25) is 5.91 Å². The molecule has 2 atom stereocenters. The van der Waals surface area contributed by atoms with Crippen molar-refractivity contribution >= 4 is 17.7 Å². The van der Waals surface area contributed by atoms with E-state index in [-0.39, 0.29) is 11.9 Å². The van der Waals surface area contributed by atoms with Gasteiger partial charge in [0, 0.05) is 0 Å². The summed E-state index contributed by atoms with van der Waals surface area (Å²) < 4.78 is 0. The second-order valence-corrected chi connectivity index (χ2v) is 3.77. The van der Waals surface area contributed by atoms with Gasteiger partial charge in [-0.05, 0) is 25.4 Å². The van der Waals surface area contributed by atoms with E-state index < -0.39 is 6.04 Å². The zero-order chi connectivity index (χ0) is 10.3. The van der Waals surface area contributed by atoms with Crippen molar-refractivity contribution in [3.63, 3.8) is 0 Å². The van der Waals surface area contributed by atoms with Gasteiger partial charge in [0.1, 0.15) is 0 Å². The van der Waals surface area contributed by atoms with Crippen molar-refractivity contribution in [3.8, 4) is 12.3 Å². The largest absolute Gasteiger partial charge is 0.341 e. The third-order valence-corrected chi connectivity index (χ3v) is 2.22. The van der Waals surface area contributed by atoms with Gasteiger partial charge < -0.3 is 11.1 Å². The Morgan fingerprint density at radius 3 is 2.85 bits per heavy atom. The van der Waals surface area contributed by atoms with Crippen LogP contribution in [-0.4, -0.2) is 30.0 Å². The topological polar surface area (TPSA) is 55.1 Å². The Labute approximate surface area is 83.8 Å². The molecule has 3 N–H and O–H groups in total. The Bertz CT molecular complexity index is 200. The highest BCUT2D eigenvalue weighted by molar-refractivity contribution is 7.98. The number of rotatable bonds is 5. The molecule has 0 saturated heterocycles. The number of terminal acetylenes is 1. The lowest BCUT2D eigenvalue weighted by atomic mass is 10.2. The first-order valence-electron chi connectivity index (χ1n) is 4.12. The second kappa shape index (κ2) is 6.81. The molecule has 74 valence electrons. The molecular formula is C9H16N2OS. The summed E-state index contributed by atoms with van der Waals surface area (Å²) in [4.78, 5) is 11.3. The maximum atomic E-state index is 11.3. The molecule has 1 unspecified atom stereocenters. The molecular weight excluding hydrogens is 184 g/mol. The van der Waals surface area contributed by atoms with E-state index in [9.17, 15) is 4.79 Å². The van der Waals surface area contributed by atoms with Crippen LogP contribution in [0.15, 0.2) is 0 Å². The maximum Gasteiger partial charge on any atom is 0.237 e. The standard InChI is InChI=1S/C9H16N2OS/c1-4-7(2)11-9(12)8(10)5-6-13-3/h1,7-8H,5-6,10H2,2-3H3,(H,11,12)/t7?,8-/m0/s1. The molecule has 0 aliphatic heterocycles. The SMILES string of the molecule is C#CC(C)NC(=O)[C@@H](N)CCSC. The summed E-state index contributed by atoms with van der Waals surface area (Å²) in [6.07, 6.45) is 7.78. The van der Waals surface area contributed by atoms with Gasteiger partial charge in [-0.1, -0.05) is 5.92 Å². The molecule has 0 aliphatic rings. The lowest BCUT2D eigenvalue weighted by molar-refractivity contribution is -0.122. The number of nitrogens with two attached hydrogens (primary N) is 1. The second-order valence-electron chi connectivity index (χ2n) is 2.78. The normalized spacial score (nSPS) is 14.3. The van der Waals surface area contributed by atoms with E-state index in [4.69, 9.17) is 12.2 Å². The fourth-order valence-corrected chi connectivity index (χ4v) is 1.23. The number of hydrogen-bond donors (Lipinski definition) is 2. The Kier molecular flexibility index (Phi) is 6.47. The van der Waals surface area contributed by atoms with Crippen LogP contribution in [0, 0.1) is 12.3 Å². The minimum Gasteiger partial charge on any atom is -0.341 e. The molecule has 3 nitrogen and oxygen atoms in total. The van der Waals surface area contributed by atoms with E-state index in [1.165, 1.54) is 0 Å². The summed E-state index contributed by atoms with van der Waals surface area (Å²) in [6, 6.07) is -0.684. The molecule has 0 bridgehead atoms. The number of carbonyl (C=O) groups excluding carboxylic acids is 1. The summed E-state index contributed by atoms with van der Waals surface area (Å²) in [7, 11) is 0. The third kappa shape index (κ3) is 5.56. The first-order chi connectivity index (χ1) is 6.11. The van der Waals surface area contributed by atoms with Crippen molar-refractivity contribution in [1.82, 2.24) is 5.32 Å². The molecule has 0 fully saturated rings. The van der Waals surface area contributed by atoms with Crippen LogP contribution in [0.4, 0.5) is 0 Å². The van der Waals surface area contributed by atoms with Crippen LogP contribution in [0.3, 0.4) is 0 Å². The summed E-state index contributed by atoms with van der Waals surface area (Å²) in [5.74, 6) is 3.13. The number of amides is 1. The van der Waals surface area contributed by atoms with Gasteiger partial charge in [0.15, 0.2) is 0 Å². The van der Waals surface area contributed by atoms with Crippen LogP contribution in [0.2, 0.25) is 0 Å². The smallest absolute Gasteiger partial charge is 0.237 e. The summed E-state index contributed by atoms with van der Waals surface area (Å²) in [6.45, 7) is 1.75. The highest BCUT2D eigenvalue weighted by atomic mass is 32.2. The molecule has 0 heterocycles. The van der Waals surface area contributed by atoms with Gasteiger partial charge >= 0.3 is 0 Å². The molecule has 0 saturated carbocycles. The Balaban J connectivity index is 3.77. The van der Waals surface area contributed by atoms with Crippen LogP contribution >= 0.6 is 11.8 Å². The molecule has 0 spiro atoms. The Morgan fingerprint density at radius 2 is 2.38 bits per heavy atom. The number of nitrogens with one attached hydrogen (secondary N) is 1. The van der Waals surface area contributed by atoms with E-state index >= 15 is 0 Å². The van der Waals surface area contributed by atoms with Crippen molar-refractivity contribution in [1.29, 1.82) is 0 Å². The summed E-state index contributed by atoms with van der Waals surface area (Å²) in [5.41, 5.74) is 5.61. The van der Waals surface area contributed by atoms with Gasteiger partial charge in [-0.3, -0.25) is 4.79 Å². The van der Waals surface area contributed by atoms with Crippen LogP contribution in [-0.2, 0) is 4.79 Å². The zero-order valence-electron chi connectivity index (χ0n) is 8.04. The van der Waals surface area contributed by atoms with E-state index in [1.807, 2.05) is 6.26 Å². The average Bonchev–Trinajstić information content (AvgIpc) is 2.13. The minimum absolute atomic E-state index is 0.167. The highest BCUT2D eigenvalue weighted by Gasteiger charge is 2.13. The van der Waals surface area contributed by atoms with Crippen LogP contribution in [0.5, 0.6) is 0 Å². The van der Waals surface area contributed by atoms with Gasteiger partial charge in [0.05, 0.1) is 12.1 Å². The van der Waals surface area contributed by atoms with Crippen molar-refractivity contribution in [2.24, 2.45) is 5.73 Å². The lowest BCUT2D eigenvalue weighted by Crippen LogP contribution is -2.44. The van der Waals surface area contributed by atoms with Crippen molar-refractivity contribution in [2.75, 3.05) is 12.0 Å². The van der Waals surface area contributed by atoms with Gasteiger partial charge in [-0.15, -0.1) is 6.42 Å². The van der Waals surface area contributed by atoms with Gasteiger partial charge in [-0.2, -0.15) is 11.8 Å². The lowest BCUT2D eigenvalue weighted by Gasteiger charge is -2.13. The first kappa shape index (κ1) is 12.3.